The van der Waals surface area contributed by atoms with Crippen molar-refractivity contribution in [3.05, 3.63) is 0 Å². The first-order chi connectivity index (χ1) is 30.2. The maximum absolute atomic E-state index is 13.4. The summed E-state index contributed by atoms with van der Waals surface area (Å²) in [6.07, 6.45) is 34.8. The third kappa shape index (κ3) is 33.3. The van der Waals surface area contributed by atoms with Gasteiger partial charge in [-0.2, -0.15) is 0 Å². The van der Waals surface area contributed by atoms with Gasteiger partial charge in [0.2, 0.25) is 12.4 Å². The van der Waals surface area contributed by atoms with Gasteiger partial charge in [0.25, 0.3) is 0 Å². The predicted molar refractivity (Wildman–Crippen MR) is 252 cm³/mol. The molecule has 0 aromatic heterocycles. The molecule has 62 heavy (non-hydrogen) atoms. The summed E-state index contributed by atoms with van der Waals surface area (Å²) in [6.45, 7) is 7.01. The van der Waals surface area contributed by atoms with E-state index in [-0.39, 0.29) is 32.3 Å². The molecule has 364 valence electrons. The highest BCUT2D eigenvalue weighted by Gasteiger charge is 2.52. The smallest absolute Gasteiger partial charge is 0.308 e. The molecule has 10 heteroatoms. The fraction of sp³-hybridized carbons (Fsp3) is 0.923. The molecule has 1 heterocycles. The SMILES string of the molecule is CCCCCCCCCCCCCC(=O)OC1[C@H](OC(=O)CCCCCCCCCCCCC)O[C@H](COC(=O)CCN(C)C)[C@@H]1OC(=O)CCCCCCCCCCCCC. The first kappa shape index (κ1) is 57.8. The molecule has 10 nitrogen and oxygen atoms in total. The molecule has 0 aliphatic carbocycles. The highest BCUT2D eigenvalue weighted by Crippen LogP contribution is 2.30. The van der Waals surface area contributed by atoms with Crippen molar-refractivity contribution in [2.75, 3.05) is 27.2 Å². The summed E-state index contributed by atoms with van der Waals surface area (Å²) < 4.78 is 29.7. The Bertz CT molecular complexity index is 1080. The Balaban J connectivity index is 2.85. The van der Waals surface area contributed by atoms with Crippen LogP contribution in [0.3, 0.4) is 0 Å². The number of rotatable bonds is 44. The van der Waals surface area contributed by atoms with E-state index in [9.17, 15) is 19.2 Å². The third-order valence-corrected chi connectivity index (χ3v) is 12.2. The summed E-state index contributed by atoms with van der Waals surface area (Å²) in [7, 11) is 3.76. The number of hydrogen-bond donors (Lipinski definition) is 0. The van der Waals surface area contributed by atoms with E-state index in [0.29, 0.717) is 25.8 Å². The molecule has 0 aromatic rings. The lowest BCUT2D eigenvalue weighted by Gasteiger charge is -2.24. The fourth-order valence-electron chi connectivity index (χ4n) is 8.16. The average molecular weight is 880 g/mol. The normalized spacial score (nSPS) is 17.4. The van der Waals surface area contributed by atoms with Gasteiger partial charge in [0.05, 0.1) is 6.42 Å². The molecule has 0 bridgehead atoms. The van der Waals surface area contributed by atoms with Crippen LogP contribution in [0.4, 0.5) is 0 Å². The van der Waals surface area contributed by atoms with Gasteiger partial charge in [-0.15, -0.1) is 0 Å². The molecule has 0 N–H and O–H groups in total. The minimum absolute atomic E-state index is 0.178. The average Bonchev–Trinajstić information content (AvgIpc) is 3.55. The summed E-state index contributed by atoms with van der Waals surface area (Å²) in [4.78, 5) is 54.5. The van der Waals surface area contributed by atoms with Gasteiger partial charge in [-0.25, -0.2) is 0 Å². The summed E-state index contributed by atoms with van der Waals surface area (Å²) in [5.74, 6) is -1.75. The first-order valence-corrected chi connectivity index (χ1v) is 26.3. The predicted octanol–water partition coefficient (Wildman–Crippen LogP) is 13.7. The molecule has 0 aromatic carbocycles. The van der Waals surface area contributed by atoms with Crippen LogP contribution in [0.5, 0.6) is 0 Å². The maximum atomic E-state index is 13.4. The highest BCUT2D eigenvalue weighted by atomic mass is 16.8. The van der Waals surface area contributed by atoms with E-state index in [4.69, 9.17) is 23.7 Å². The second kappa shape index (κ2) is 41.5. The second-order valence-corrected chi connectivity index (χ2v) is 18.5. The van der Waals surface area contributed by atoms with E-state index in [1.54, 1.807) is 0 Å². The van der Waals surface area contributed by atoms with Crippen LogP contribution in [0.25, 0.3) is 0 Å². The Kier molecular flexibility index (Phi) is 38.7. The molecule has 0 radical (unpaired) electrons. The van der Waals surface area contributed by atoms with E-state index in [1.165, 1.54) is 135 Å². The van der Waals surface area contributed by atoms with E-state index in [1.807, 2.05) is 19.0 Å². The van der Waals surface area contributed by atoms with Gasteiger partial charge in [-0.05, 0) is 33.4 Å². The lowest BCUT2D eigenvalue weighted by molar-refractivity contribution is -0.200. The molecule has 0 spiro atoms. The molecule has 1 unspecified atom stereocenters. The van der Waals surface area contributed by atoms with Crippen molar-refractivity contribution in [3.63, 3.8) is 0 Å². The van der Waals surface area contributed by atoms with E-state index >= 15 is 0 Å². The summed E-state index contributed by atoms with van der Waals surface area (Å²) >= 11 is 0. The zero-order valence-electron chi connectivity index (χ0n) is 41.0. The maximum Gasteiger partial charge on any atom is 0.308 e. The molecular formula is C52H97NO9. The minimum Gasteiger partial charge on any atom is -0.463 e. The number of esters is 4. The standard InChI is InChI=1S/C52H97NO9/c1-6-9-12-15-18-21-24-27-30-33-36-39-47(55)60-50-45(44-58-46(54)42-43-53(4)5)59-52(62-49(57)41-38-35-32-29-26-23-20-17-14-11-8-3)51(50)61-48(56)40-37-34-31-28-25-22-19-16-13-10-7-2/h45,50-52H,6-44H2,1-5H3/t45-,50+,51?,52+/m1/s1. The van der Waals surface area contributed by atoms with Crippen LogP contribution in [0, 0.1) is 0 Å². The van der Waals surface area contributed by atoms with Gasteiger partial charge in [0.1, 0.15) is 12.7 Å². The van der Waals surface area contributed by atoms with Crippen molar-refractivity contribution in [3.8, 4) is 0 Å². The molecule has 1 fully saturated rings. The number of carbonyl (C=O) groups excluding carboxylic acids is 4. The zero-order valence-corrected chi connectivity index (χ0v) is 41.0. The Labute approximate surface area is 380 Å². The van der Waals surface area contributed by atoms with Gasteiger partial charge >= 0.3 is 23.9 Å². The van der Waals surface area contributed by atoms with Crippen molar-refractivity contribution in [2.24, 2.45) is 0 Å². The molecule has 4 atom stereocenters. The van der Waals surface area contributed by atoms with E-state index < -0.39 is 48.5 Å². The monoisotopic (exact) mass is 880 g/mol. The van der Waals surface area contributed by atoms with Crippen LogP contribution >= 0.6 is 0 Å². The van der Waals surface area contributed by atoms with Gasteiger partial charge in [-0.1, -0.05) is 213 Å². The van der Waals surface area contributed by atoms with Gasteiger partial charge in [0, 0.05) is 25.8 Å². The highest BCUT2D eigenvalue weighted by molar-refractivity contribution is 5.72. The summed E-state index contributed by atoms with van der Waals surface area (Å²) in [5, 5.41) is 0. The van der Waals surface area contributed by atoms with Crippen molar-refractivity contribution in [2.45, 2.75) is 283 Å². The largest absolute Gasteiger partial charge is 0.463 e. The molecule has 1 aliphatic heterocycles. The Morgan fingerprint density at radius 2 is 0.694 bits per heavy atom. The summed E-state index contributed by atoms with van der Waals surface area (Å²) in [5.41, 5.74) is 0. The molecule has 1 rings (SSSR count). The second-order valence-electron chi connectivity index (χ2n) is 18.5. The first-order valence-electron chi connectivity index (χ1n) is 26.3. The number of hydrogen-bond acceptors (Lipinski definition) is 10. The van der Waals surface area contributed by atoms with Crippen molar-refractivity contribution in [1.29, 1.82) is 0 Å². The van der Waals surface area contributed by atoms with Crippen LogP contribution in [-0.4, -0.2) is 80.6 Å². The number of ether oxygens (including phenoxy) is 5. The van der Waals surface area contributed by atoms with Crippen LogP contribution in [-0.2, 0) is 42.9 Å². The Morgan fingerprint density at radius 3 is 1.03 bits per heavy atom. The van der Waals surface area contributed by atoms with Crippen molar-refractivity contribution < 1.29 is 42.9 Å². The van der Waals surface area contributed by atoms with Crippen LogP contribution in [0.1, 0.15) is 258 Å². The minimum atomic E-state index is -1.28. The Morgan fingerprint density at radius 1 is 0.387 bits per heavy atom. The number of nitrogens with zero attached hydrogens (tertiary/aromatic N) is 1. The molecule has 1 saturated heterocycles. The van der Waals surface area contributed by atoms with E-state index in [2.05, 4.69) is 20.8 Å². The van der Waals surface area contributed by atoms with E-state index in [0.717, 1.165) is 57.8 Å². The lowest BCUT2D eigenvalue weighted by Crippen LogP contribution is -2.42. The van der Waals surface area contributed by atoms with Gasteiger partial charge in [0.15, 0.2) is 6.10 Å². The molecule has 0 saturated carbocycles. The zero-order chi connectivity index (χ0) is 45.3. The lowest BCUT2D eigenvalue weighted by atomic mass is 10.1. The molecule has 1 aliphatic rings. The number of carbonyl (C=O) groups is 4. The molecule has 0 amide bonds. The van der Waals surface area contributed by atoms with Crippen molar-refractivity contribution >= 4 is 23.9 Å². The summed E-state index contributed by atoms with van der Waals surface area (Å²) in [6, 6.07) is 0. The van der Waals surface area contributed by atoms with Crippen molar-refractivity contribution in [1.82, 2.24) is 4.90 Å². The topological polar surface area (TPSA) is 118 Å². The number of unbranched alkanes of at least 4 members (excludes halogenated alkanes) is 30. The van der Waals surface area contributed by atoms with Crippen LogP contribution in [0.2, 0.25) is 0 Å². The van der Waals surface area contributed by atoms with Gasteiger partial charge in [-0.3, -0.25) is 19.2 Å². The van der Waals surface area contributed by atoms with Gasteiger partial charge < -0.3 is 28.6 Å². The van der Waals surface area contributed by atoms with Crippen LogP contribution < -0.4 is 0 Å². The third-order valence-electron chi connectivity index (χ3n) is 12.2. The fourth-order valence-corrected chi connectivity index (χ4v) is 8.16. The Hall–Kier alpha value is -2.20. The molecular weight excluding hydrogens is 783 g/mol. The quantitative estimate of drug-likeness (QED) is 0.0332. The van der Waals surface area contributed by atoms with Crippen LogP contribution in [0.15, 0.2) is 0 Å².